The van der Waals surface area contributed by atoms with Crippen molar-refractivity contribution >= 4 is 17.5 Å². The Morgan fingerprint density at radius 1 is 1.25 bits per heavy atom. The lowest BCUT2D eigenvalue weighted by Gasteiger charge is -2.18. The second kappa shape index (κ2) is 7.53. The van der Waals surface area contributed by atoms with Crippen LogP contribution in [0.2, 0.25) is 0 Å². The van der Waals surface area contributed by atoms with Crippen molar-refractivity contribution in [3.8, 4) is 0 Å². The van der Waals surface area contributed by atoms with Gasteiger partial charge in [0.05, 0.1) is 0 Å². The number of rotatable bonds is 6. The van der Waals surface area contributed by atoms with Gasteiger partial charge in [-0.3, -0.25) is 9.59 Å². The maximum atomic E-state index is 11.9. The summed E-state index contributed by atoms with van der Waals surface area (Å²) >= 11 is 0. The molecular formula is C15H23N3O2. The highest BCUT2D eigenvalue weighted by atomic mass is 16.2. The minimum atomic E-state index is -0.357. The first-order valence-corrected chi connectivity index (χ1v) is 6.87. The molecule has 2 atom stereocenters. The van der Waals surface area contributed by atoms with Crippen LogP contribution in [-0.2, 0) is 4.79 Å². The van der Waals surface area contributed by atoms with Gasteiger partial charge in [0.15, 0.2) is 0 Å². The molecule has 110 valence electrons. The SMILES string of the molecule is CCC(C)NC(=O)C(C)Nc1cccc(C(=O)NC)c1. The molecular weight excluding hydrogens is 254 g/mol. The molecule has 0 bridgehead atoms. The predicted molar refractivity (Wildman–Crippen MR) is 80.8 cm³/mol. The fourth-order valence-electron chi connectivity index (χ4n) is 1.68. The Hall–Kier alpha value is -2.04. The van der Waals surface area contributed by atoms with Crippen LogP contribution in [0.3, 0.4) is 0 Å². The van der Waals surface area contributed by atoms with E-state index in [0.717, 1.165) is 12.1 Å². The molecule has 0 aliphatic heterocycles. The Bertz CT molecular complexity index is 474. The number of amides is 2. The molecule has 0 fully saturated rings. The molecule has 2 amide bonds. The van der Waals surface area contributed by atoms with E-state index in [9.17, 15) is 9.59 Å². The van der Waals surface area contributed by atoms with Gasteiger partial charge in [-0.1, -0.05) is 13.0 Å². The lowest BCUT2D eigenvalue weighted by atomic mass is 10.1. The van der Waals surface area contributed by atoms with Crippen molar-refractivity contribution in [3.63, 3.8) is 0 Å². The Morgan fingerprint density at radius 2 is 1.95 bits per heavy atom. The zero-order chi connectivity index (χ0) is 15.1. The van der Waals surface area contributed by atoms with Crippen molar-refractivity contribution < 1.29 is 9.59 Å². The molecule has 5 heteroatoms. The third-order valence-corrected chi connectivity index (χ3v) is 3.13. The summed E-state index contributed by atoms with van der Waals surface area (Å²) in [6.45, 7) is 5.79. The van der Waals surface area contributed by atoms with E-state index >= 15 is 0 Å². The van der Waals surface area contributed by atoms with Gasteiger partial charge in [-0.15, -0.1) is 0 Å². The van der Waals surface area contributed by atoms with Crippen LogP contribution in [0.1, 0.15) is 37.6 Å². The monoisotopic (exact) mass is 277 g/mol. The number of nitrogens with one attached hydrogen (secondary N) is 3. The molecule has 2 unspecified atom stereocenters. The number of benzene rings is 1. The minimum Gasteiger partial charge on any atom is -0.374 e. The molecule has 0 spiro atoms. The first-order valence-electron chi connectivity index (χ1n) is 6.87. The Balaban J connectivity index is 2.68. The van der Waals surface area contributed by atoms with E-state index in [1.54, 1.807) is 32.2 Å². The summed E-state index contributed by atoms with van der Waals surface area (Å²) in [4.78, 5) is 23.5. The number of hydrogen-bond donors (Lipinski definition) is 3. The Morgan fingerprint density at radius 3 is 2.55 bits per heavy atom. The smallest absolute Gasteiger partial charge is 0.251 e. The van der Waals surface area contributed by atoms with Crippen LogP contribution >= 0.6 is 0 Å². The number of anilines is 1. The highest BCUT2D eigenvalue weighted by Gasteiger charge is 2.14. The van der Waals surface area contributed by atoms with Gasteiger partial charge in [-0.05, 0) is 38.5 Å². The van der Waals surface area contributed by atoms with Gasteiger partial charge in [0, 0.05) is 24.3 Å². The molecule has 3 N–H and O–H groups in total. The van der Waals surface area contributed by atoms with E-state index in [1.165, 1.54) is 0 Å². The Kier molecular flexibility index (Phi) is 6.03. The summed E-state index contributed by atoms with van der Waals surface area (Å²) in [5, 5.41) is 8.59. The van der Waals surface area contributed by atoms with Gasteiger partial charge >= 0.3 is 0 Å². The molecule has 1 aromatic carbocycles. The largest absolute Gasteiger partial charge is 0.374 e. The molecule has 0 heterocycles. The fourth-order valence-corrected chi connectivity index (χ4v) is 1.68. The second-order valence-corrected chi connectivity index (χ2v) is 4.84. The van der Waals surface area contributed by atoms with E-state index in [-0.39, 0.29) is 23.9 Å². The lowest BCUT2D eigenvalue weighted by molar-refractivity contribution is -0.122. The Labute approximate surface area is 120 Å². The number of carbonyl (C=O) groups is 2. The van der Waals surface area contributed by atoms with Crippen LogP contribution in [0, 0.1) is 0 Å². The topological polar surface area (TPSA) is 70.2 Å². The maximum absolute atomic E-state index is 11.9. The lowest BCUT2D eigenvalue weighted by Crippen LogP contribution is -2.41. The van der Waals surface area contributed by atoms with E-state index < -0.39 is 0 Å². The van der Waals surface area contributed by atoms with Gasteiger partial charge in [0.25, 0.3) is 5.91 Å². The summed E-state index contributed by atoms with van der Waals surface area (Å²) in [6, 6.07) is 6.87. The normalized spacial score (nSPS) is 13.2. The summed E-state index contributed by atoms with van der Waals surface area (Å²) in [5.41, 5.74) is 1.31. The fraction of sp³-hybridized carbons (Fsp3) is 0.467. The van der Waals surface area contributed by atoms with Gasteiger partial charge in [-0.25, -0.2) is 0 Å². The van der Waals surface area contributed by atoms with Crippen molar-refractivity contribution in [1.82, 2.24) is 10.6 Å². The summed E-state index contributed by atoms with van der Waals surface area (Å²) < 4.78 is 0. The summed E-state index contributed by atoms with van der Waals surface area (Å²) in [5.74, 6) is -0.199. The molecule has 1 aromatic rings. The van der Waals surface area contributed by atoms with Crippen molar-refractivity contribution in [2.75, 3.05) is 12.4 Å². The predicted octanol–water partition coefficient (Wildman–Crippen LogP) is 1.76. The minimum absolute atomic E-state index is 0.0512. The average molecular weight is 277 g/mol. The van der Waals surface area contributed by atoms with Crippen molar-refractivity contribution in [2.24, 2.45) is 0 Å². The van der Waals surface area contributed by atoms with Crippen molar-refractivity contribution in [2.45, 2.75) is 39.3 Å². The first kappa shape index (κ1) is 16.0. The van der Waals surface area contributed by atoms with E-state index in [0.29, 0.717) is 5.56 Å². The standard InChI is InChI=1S/C15H23N3O2/c1-5-10(2)17-14(19)11(3)18-13-8-6-7-12(9-13)15(20)16-4/h6-11,18H,5H2,1-4H3,(H,16,20)(H,17,19). The van der Waals surface area contributed by atoms with Gasteiger partial charge < -0.3 is 16.0 Å². The maximum Gasteiger partial charge on any atom is 0.251 e. The van der Waals surface area contributed by atoms with Gasteiger partial charge in [-0.2, -0.15) is 0 Å². The van der Waals surface area contributed by atoms with Crippen LogP contribution < -0.4 is 16.0 Å². The molecule has 0 aliphatic rings. The molecule has 20 heavy (non-hydrogen) atoms. The van der Waals surface area contributed by atoms with E-state index in [1.807, 2.05) is 19.9 Å². The van der Waals surface area contributed by atoms with Crippen LogP contribution in [0.15, 0.2) is 24.3 Å². The zero-order valence-electron chi connectivity index (χ0n) is 12.5. The van der Waals surface area contributed by atoms with Gasteiger partial charge in [0.2, 0.25) is 5.91 Å². The van der Waals surface area contributed by atoms with Crippen LogP contribution in [0.4, 0.5) is 5.69 Å². The van der Waals surface area contributed by atoms with E-state index in [2.05, 4.69) is 16.0 Å². The molecule has 1 rings (SSSR count). The van der Waals surface area contributed by atoms with Crippen molar-refractivity contribution in [1.29, 1.82) is 0 Å². The highest BCUT2D eigenvalue weighted by molar-refractivity contribution is 5.95. The van der Waals surface area contributed by atoms with Crippen LogP contribution in [0.5, 0.6) is 0 Å². The molecule has 0 saturated heterocycles. The molecule has 0 saturated carbocycles. The average Bonchev–Trinajstić information content (AvgIpc) is 2.46. The second-order valence-electron chi connectivity index (χ2n) is 4.84. The molecule has 0 aliphatic carbocycles. The zero-order valence-corrected chi connectivity index (χ0v) is 12.5. The van der Waals surface area contributed by atoms with Crippen molar-refractivity contribution in [3.05, 3.63) is 29.8 Å². The summed E-state index contributed by atoms with van der Waals surface area (Å²) in [6.07, 6.45) is 0.893. The van der Waals surface area contributed by atoms with Gasteiger partial charge in [0.1, 0.15) is 6.04 Å². The van der Waals surface area contributed by atoms with Crippen LogP contribution in [0.25, 0.3) is 0 Å². The molecule has 5 nitrogen and oxygen atoms in total. The van der Waals surface area contributed by atoms with E-state index in [4.69, 9.17) is 0 Å². The molecule has 0 aromatic heterocycles. The summed E-state index contributed by atoms with van der Waals surface area (Å²) in [7, 11) is 1.59. The third kappa shape index (κ3) is 4.57. The number of hydrogen-bond acceptors (Lipinski definition) is 3. The quantitative estimate of drug-likeness (QED) is 0.742. The third-order valence-electron chi connectivity index (χ3n) is 3.13. The number of carbonyl (C=O) groups excluding carboxylic acids is 2. The van der Waals surface area contributed by atoms with Crippen LogP contribution in [-0.4, -0.2) is 30.9 Å². The first-order chi connectivity index (χ1) is 9.47. The molecule has 0 radical (unpaired) electrons. The highest BCUT2D eigenvalue weighted by Crippen LogP contribution is 2.12.